The third kappa shape index (κ3) is 6.42. The van der Waals surface area contributed by atoms with Gasteiger partial charge in [-0.05, 0) is 49.7 Å². The van der Waals surface area contributed by atoms with Gasteiger partial charge in [-0.15, -0.1) is 0 Å². The van der Waals surface area contributed by atoms with E-state index in [4.69, 9.17) is 18.9 Å². The highest BCUT2D eigenvalue weighted by molar-refractivity contribution is 7.89. The maximum atomic E-state index is 13.8. The Labute approximate surface area is 235 Å². The first-order valence-corrected chi connectivity index (χ1v) is 15.0. The van der Waals surface area contributed by atoms with Crippen LogP contribution in [-0.4, -0.2) is 106 Å². The van der Waals surface area contributed by atoms with Crippen molar-refractivity contribution in [2.45, 2.75) is 48.3 Å². The highest BCUT2D eigenvalue weighted by Crippen LogP contribution is 2.33. The van der Waals surface area contributed by atoms with Crippen LogP contribution in [0.2, 0.25) is 0 Å². The first-order chi connectivity index (χ1) is 19.2. The van der Waals surface area contributed by atoms with Crippen LogP contribution in [0.1, 0.15) is 12.0 Å². The quantitative estimate of drug-likeness (QED) is 0.410. The number of amides is 1. The summed E-state index contributed by atoms with van der Waals surface area (Å²) in [4.78, 5) is 15.1. The molecule has 218 valence electrons. The van der Waals surface area contributed by atoms with E-state index >= 15 is 0 Å². The van der Waals surface area contributed by atoms with E-state index in [1.54, 1.807) is 12.1 Å². The Bertz CT molecular complexity index is 1240. The Kier molecular flexibility index (Phi) is 8.93. The third-order valence-corrected chi connectivity index (χ3v) is 9.73. The molecule has 0 aromatic heterocycles. The number of carbonyl (C=O) groups excluding carboxylic acids is 1. The summed E-state index contributed by atoms with van der Waals surface area (Å²) >= 11 is 0. The molecule has 0 spiro atoms. The standard InChI is InChI=1S/C28H37N3O8S/c1-30-15-20(16-30)31(40(34,35)22-10-8-21(36-2)9-11-22)17-25(32)24(14-19-6-4-3-5-7-19)29-28(33)39-26-18-38-27-23(26)12-13-37-27/h3-11,20,23-27,32H,12-18H2,1-2H3,(H,29,33)/t23?,24-,25+,26-,27+/m0/s1. The van der Waals surface area contributed by atoms with Crippen LogP contribution in [0.15, 0.2) is 59.5 Å². The average Bonchev–Trinajstić information content (AvgIpc) is 3.55. The number of nitrogens with one attached hydrogen (secondary N) is 1. The molecule has 1 amide bonds. The molecule has 40 heavy (non-hydrogen) atoms. The number of methoxy groups -OCH3 is 1. The van der Waals surface area contributed by atoms with Crippen molar-refractivity contribution in [3.63, 3.8) is 0 Å². The maximum Gasteiger partial charge on any atom is 0.407 e. The van der Waals surface area contributed by atoms with Gasteiger partial charge in [0.1, 0.15) is 11.9 Å². The molecule has 0 saturated carbocycles. The first-order valence-electron chi connectivity index (χ1n) is 13.5. The van der Waals surface area contributed by atoms with Crippen LogP contribution in [0.3, 0.4) is 0 Å². The largest absolute Gasteiger partial charge is 0.497 e. The number of aliphatic hydroxyl groups is 1. The summed E-state index contributed by atoms with van der Waals surface area (Å²) in [5, 5.41) is 14.3. The van der Waals surface area contributed by atoms with E-state index in [9.17, 15) is 18.3 Å². The van der Waals surface area contributed by atoms with Gasteiger partial charge in [-0.3, -0.25) is 0 Å². The summed E-state index contributed by atoms with van der Waals surface area (Å²) in [7, 11) is -0.526. The molecule has 5 atom stereocenters. The Hall–Kier alpha value is -2.74. The summed E-state index contributed by atoms with van der Waals surface area (Å²) < 4.78 is 50.8. The second-order valence-corrected chi connectivity index (χ2v) is 12.5. The predicted octanol–water partition coefficient (Wildman–Crippen LogP) is 1.46. The highest BCUT2D eigenvalue weighted by atomic mass is 32.2. The molecule has 3 fully saturated rings. The third-order valence-electron chi connectivity index (χ3n) is 7.79. The van der Waals surface area contributed by atoms with Crippen molar-refractivity contribution in [2.24, 2.45) is 5.92 Å². The molecule has 0 aliphatic carbocycles. The Morgan fingerprint density at radius 2 is 1.88 bits per heavy atom. The number of hydrogen-bond acceptors (Lipinski definition) is 9. The van der Waals surface area contributed by atoms with Gasteiger partial charge < -0.3 is 34.3 Å². The van der Waals surface area contributed by atoms with Crippen molar-refractivity contribution < 1.29 is 37.3 Å². The Morgan fingerprint density at radius 1 is 1.15 bits per heavy atom. The fraction of sp³-hybridized carbons (Fsp3) is 0.536. The Morgan fingerprint density at radius 3 is 2.55 bits per heavy atom. The van der Waals surface area contributed by atoms with Crippen molar-refractivity contribution in [1.29, 1.82) is 0 Å². The van der Waals surface area contributed by atoms with Crippen LogP contribution in [0.25, 0.3) is 0 Å². The second-order valence-electron chi connectivity index (χ2n) is 10.6. The lowest BCUT2D eigenvalue weighted by Crippen LogP contribution is -2.62. The minimum Gasteiger partial charge on any atom is -0.497 e. The summed E-state index contributed by atoms with van der Waals surface area (Å²) in [5.74, 6) is 0.520. The molecule has 2 aromatic rings. The van der Waals surface area contributed by atoms with E-state index in [-0.39, 0.29) is 42.7 Å². The topological polar surface area (TPSA) is 127 Å². The summed E-state index contributed by atoms with van der Waals surface area (Å²) in [6, 6.07) is 14.5. The zero-order valence-corrected chi connectivity index (χ0v) is 23.5. The van der Waals surface area contributed by atoms with Gasteiger partial charge in [0.2, 0.25) is 10.0 Å². The monoisotopic (exact) mass is 575 g/mol. The SMILES string of the molecule is COc1ccc(S(=O)(=O)N(C[C@@H](O)[C@H](Cc2ccccc2)NC(=O)O[C@H]2CO[C@H]3OCCC32)C2CN(C)C2)cc1. The normalized spacial score (nSPS) is 24.8. The lowest BCUT2D eigenvalue weighted by atomic mass is 10.0. The van der Waals surface area contributed by atoms with Gasteiger partial charge in [0, 0.05) is 19.6 Å². The molecule has 11 nitrogen and oxygen atoms in total. The summed E-state index contributed by atoms with van der Waals surface area (Å²) in [5.41, 5.74) is 0.883. The van der Waals surface area contributed by atoms with Crippen LogP contribution in [0.4, 0.5) is 4.79 Å². The number of sulfonamides is 1. The lowest BCUT2D eigenvalue weighted by molar-refractivity contribution is -0.0907. The zero-order chi connectivity index (χ0) is 28.3. The number of rotatable bonds is 11. The minimum absolute atomic E-state index is 0.0241. The second kappa shape index (κ2) is 12.4. The van der Waals surface area contributed by atoms with Crippen LogP contribution in [0, 0.1) is 5.92 Å². The molecular formula is C28H37N3O8S. The van der Waals surface area contributed by atoms with Crippen molar-refractivity contribution in [1.82, 2.24) is 14.5 Å². The van der Waals surface area contributed by atoms with E-state index in [2.05, 4.69) is 5.32 Å². The van der Waals surface area contributed by atoms with Gasteiger partial charge in [0.05, 0.1) is 49.3 Å². The molecule has 3 aliphatic rings. The zero-order valence-electron chi connectivity index (χ0n) is 22.7. The Balaban J connectivity index is 1.33. The molecule has 3 saturated heterocycles. The highest BCUT2D eigenvalue weighted by Gasteiger charge is 2.44. The molecule has 5 rings (SSSR count). The van der Waals surface area contributed by atoms with Crippen LogP contribution in [-0.2, 0) is 30.7 Å². The summed E-state index contributed by atoms with van der Waals surface area (Å²) in [6.45, 7) is 1.68. The number of fused-ring (bicyclic) bond motifs is 1. The van der Waals surface area contributed by atoms with Crippen molar-refractivity contribution >= 4 is 16.1 Å². The average molecular weight is 576 g/mol. The predicted molar refractivity (Wildman–Crippen MR) is 145 cm³/mol. The van der Waals surface area contributed by atoms with E-state index in [1.807, 2.05) is 42.3 Å². The van der Waals surface area contributed by atoms with E-state index in [1.165, 1.54) is 23.5 Å². The van der Waals surface area contributed by atoms with Gasteiger partial charge in [-0.25, -0.2) is 13.2 Å². The number of alkyl carbamates (subject to hydrolysis) is 1. The first kappa shape index (κ1) is 28.8. The molecule has 12 heteroatoms. The van der Waals surface area contributed by atoms with Crippen molar-refractivity contribution in [2.75, 3.05) is 47.0 Å². The molecule has 3 heterocycles. The molecule has 0 bridgehead atoms. The summed E-state index contributed by atoms with van der Waals surface area (Å²) in [6.07, 6.45) is -1.68. The van der Waals surface area contributed by atoms with Crippen molar-refractivity contribution in [3.8, 4) is 5.75 Å². The van der Waals surface area contributed by atoms with Gasteiger partial charge in [0.15, 0.2) is 6.29 Å². The van der Waals surface area contributed by atoms with E-state index in [0.717, 1.165) is 12.0 Å². The van der Waals surface area contributed by atoms with Gasteiger partial charge in [0.25, 0.3) is 0 Å². The molecule has 1 unspecified atom stereocenters. The number of hydrogen-bond donors (Lipinski definition) is 2. The van der Waals surface area contributed by atoms with Crippen molar-refractivity contribution in [3.05, 3.63) is 60.2 Å². The number of nitrogens with zero attached hydrogens (tertiary/aromatic N) is 2. The molecular weight excluding hydrogens is 538 g/mol. The fourth-order valence-electron chi connectivity index (χ4n) is 5.51. The molecule has 2 aromatic carbocycles. The number of likely N-dealkylation sites (tertiary alicyclic amines) is 1. The molecule has 3 aliphatic heterocycles. The van der Waals surface area contributed by atoms with E-state index < -0.39 is 34.4 Å². The van der Waals surface area contributed by atoms with Gasteiger partial charge in [-0.1, -0.05) is 30.3 Å². The smallest absolute Gasteiger partial charge is 0.407 e. The number of ether oxygens (including phenoxy) is 4. The number of likely N-dealkylation sites (N-methyl/N-ethyl adjacent to an activating group) is 1. The lowest BCUT2D eigenvalue weighted by Gasteiger charge is -2.43. The van der Waals surface area contributed by atoms with Crippen LogP contribution in [0.5, 0.6) is 5.75 Å². The van der Waals surface area contributed by atoms with Gasteiger partial charge >= 0.3 is 6.09 Å². The maximum absolute atomic E-state index is 13.8. The number of aliphatic hydroxyl groups excluding tert-OH is 1. The molecule has 0 radical (unpaired) electrons. The van der Waals surface area contributed by atoms with Gasteiger partial charge in [-0.2, -0.15) is 4.31 Å². The van der Waals surface area contributed by atoms with E-state index in [0.29, 0.717) is 25.4 Å². The van der Waals surface area contributed by atoms with Crippen LogP contribution < -0.4 is 10.1 Å². The fourth-order valence-corrected chi connectivity index (χ4v) is 7.13. The molecule has 2 N–H and O–H groups in total. The number of benzene rings is 2. The minimum atomic E-state index is -3.95. The van der Waals surface area contributed by atoms with Crippen LogP contribution >= 0.6 is 0 Å². The number of carbonyl (C=O) groups is 1.